The highest BCUT2D eigenvalue weighted by atomic mass is 19.1. The van der Waals surface area contributed by atoms with E-state index in [9.17, 15) is 4.39 Å². The molecule has 0 amide bonds. The fraction of sp³-hybridized carbons (Fsp3) is 0.474. The van der Waals surface area contributed by atoms with Crippen LogP contribution in [0.15, 0.2) is 36.4 Å². The molecule has 1 aromatic heterocycles. The lowest BCUT2D eigenvalue weighted by Gasteiger charge is -2.30. The predicted molar refractivity (Wildman–Crippen MR) is 100 cm³/mol. The highest BCUT2D eigenvalue weighted by Gasteiger charge is 2.29. The number of ether oxygens (including phenoxy) is 1. The molecule has 0 radical (unpaired) electrons. The second-order valence-corrected chi connectivity index (χ2v) is 6.56. The maximum Gasteiger partial charge on any atom is 0.137 e. The average Bonchev–Trinajstić information content (AvgIpc) is 3.04. The number of hydrogen-bond acceptors (Lipinski definition) is 6. The summed E-state index contributed by atoms with van der Waals surface area (Å²) in [5, 5.41) is 3.36. The van der Waals surface area contributed by atoms with Crippen LogP contribution in [0.1, 0.15) is 17.1 Å². The summed E-state index contributed by atoms with van der Waals surface area (Å²) in [5.74, 6) is 1.70. The monoisotopic (exact) mass is 359 g/mol. The van der Waals surface area contributed by atoms with E-state index >= 15 is 0 Å². The van der Waals surface area contributed by atoms with Crippen LogP contribution in [0.25, 0.3) is 0 Å². The molecule has 1 fully saturated rings. The van der Waals surface area contributed by atoms with Gasteiger partial charge in [-0.25, -0.2) is 14.4 Å². The van der Waals surface area contributed by atoms with Gasteiger partial charge in [0.2, 0.25) is 0 Å². The Bertz CT molecular complexity index is 740. The van der Waals surface area contributed by atoms with Gasteiger partial charge in [-0.15, -0.1) is 0 Å². The van der Waals surface area contributed by atoms with E-state index in [1.807, 2.05) is 6.92 Å². The van der Waals surface area contributed by atoms with Gasteiger partial charge in [0, 0.05) is 56.9 Å². The largest absolute Gasteiger partial charge is 0.496 e. The molecular formula is C19H26FN5O. The topological polar surface area (TPSA) is 53.5 Å². The molecule has 3 rings (SSSR count). The summed E-state index contributed by atoms with van der Waals surface area (Å²) in [4.78, 5) is 13.8. The minimum atomic E-state index is -0.498. The molecule has 7 heteroatoms. The number of allylic oxidation sites excluding steroid dienone is 1. The van der Waals surface area contributed by atoms with Gasteiger partial charge in [-0.05, 0) is 13.0 Å². The zero-order chi connectivity index (χ0) is 18.7. The summed E-state index contributed by atoms with van der Waals surface area (Å²) in [6, 6.07) is 0. The van der Waals surface area contributed by atoms with Gasteiger partial charge in [0.15, 0.2) is 0 Å². The number of piperazine rings is 1. The lowest BCUT2D eigenvalue weighted by atomic mass is 10.2. The van der Waals surface area contributed by atoms with Crippen LogP contribution in [0.3, 0.4) is 0 Å². The van der Waals surface area contributed by atoms with Crippen molar-refractivity contribution in [2.24, 2.45) is 0 Å². The molecule has 2 aliphatic rings. The van der Waals surface area contributed by atoms with Gasteiger partial charge in [0.05, 0.1) is 12.8 Å². The van der Waals surface area contributed by atoms with Gasteiger partial charge in [0.25, 0.3) is 0 Å². The van der Waals surface area contributed by atoms with E-state index < -0.39 is 5.83 Å². The van der Waals surface area contributed by atoms with E-state index in [0.29, 0.717) is 31.0 Å². The highest BCUT2D eigenvalue weighted by molar-refractivity contribution is 5.51. The highest BCUT2D eigenvalue weighted by Crippen LogP contribution is 2.31. The second-order valence-electron chi connectivity index (χ2n) is 6.56. The number of halogens is 1. The fourth-order valence-electron chi connectivity index (χ4n) is 3.52. The van der Waals surface area contributed by atoms with Gasteiger partial charge < -0.3 is 15.0 Å². The van der Waals surface area contributed by atoms with Crippen molar-refractivity contribution in [2.45, 2.75) is 20.0 Å². The van der Waals surface area contributed by atoms with Crippen molar-refractivity contribution in [3.63, 3.8) is 0 Å². The van der Waals surface area contributed by atoms with Crippen LogP contribution in [0.4, 0.5) is 10.2 Å². The lowest BCUT2D eigenvalue weighted by molar-refractivity contribution is 0.275. The van der Waals surface area contributed by atoms with Gasteiger partial charge in [0.1, 0.15) is 23.2 Å². The summed E-state index contributed by atoms with van der Waals surface area (Å²) in [6.07, 6.45) is 1.51. The summed E-state index contributed by atoms with van der Waals surface area (Å²) in [6.45, 7) is 14.5. The van der Waals surface area contributed by atoms with Gasteiger partial charge >= 0.3 is 0 Å². The summed E-state index contributed by atoms with van der Waals surface area (Å²) >= 11 is 0. The summed E-state index contributed by atoms with van der Waals surface area (Å²) in [5.41, 5.74) is 2.58. The third-order valence-corrected chi connectivity index (χ3v) is 4.77. The van der Waals surface area contributed by atoms with Crippen molar-refractivity contribution < 1.29 is 9.13 Å². The van der Waals surface area contributed by atoms with Gasteiger partial charge in [-0.3, -0.25) is 4.90 Å². The molecule has 0 spiro atoms. The molecule has 3 heterocycles. The van der Waals surface area contributed by atoms with Crippen molar-refractivity contribution in [3.05, 3.63) is 53.5 Å². The van der Waals surface area contributed by atoms with Gasteiger partial charge in [-0.2, -0.15) is 0 Å². The average molecular weight is 359 g/mol. The summed E-state index contributed by atoms with van der Waals surface area (Å²) in [7, 11) is 1.51. The lowest BCUT2D eigenvalue weighted by Crippen LogP contribution is -2.44. The molecule has 0 bridgehead atoms. The number of fused-ring (bicyclic) bond motifs is 1. The third-order valence-electron chi connectivity index (χ3n) is 4.77. The molecule has 6 nitrogen and oxygen atoms in total. The molecule has 2 aliphatic heterocycles. The van der Waals surface area contributed by atoms with E-state index in [2.05, 4.69) is 33.3 Å². The quantitative estimate of drug-likeness (QED) is 0.620. The van der Waals surface area contributed by atoms with E-state index in [0.717, 1.165) is 49.1 Å². The third kappa shape index (κ3) is 3.78. The van der Waals surface area contributed by atoms with E-state index in [1.165, 1.54) is 13.2 Å². The number of aryl methyl sites for hydroxylation is 1. The number of anilines is 1. The Kier molecular flexibility index (Phi) is 5.68. The van der Waals surface area contributed by atoms with E-state index in [1.54, 1.807) is 0 Å². The van der Waals surface area contributed by atoms with Crippen LogP contribution >= 0.6 is 0 Å². The number of nitrogens with zero attached hydrogens (tertiary/aromatic N) is 4. The first-order chi connectivity index (χ1) is 12.5. The molecule has 0 aromatic carbocycles. The smallest absolute Gasteiger partial charge is 0.137 e. The molecule has 0 atom stereocenters. The Hall–Kier alpha value is -2.25. The summed E-state index contributed by atoms with van der Waals surface area (Å²) < 4.78 is 19.2. The molecule has 1 aromatic rings. The molecule has 0 saturated carbocycles. The minimum absolute atomic E-state index is 0.390. The first-order valence-corrected chi connectivity index (χ1v) is 8.82. The number of hydrogen-bond donors (Lipinski definition) is 1. The van der Waals surface area contributed by atoms with Crippen molar-refractivity contribution >= 4 is 5.82 Å². The van der Waals surface area contributed by atoms with E-state index in [4.69, 9.17) is 9.72 Å². The normalized spacial score (nSPS) is 18.3. The number of nitrogens with one attached hydrogen (secondary N) is 1. The first kappa shape index (κ1) is 18.5. The predicted octanol–water partition coefficient (Wildman–Crippen LogP) is 2.08. The Balaban J connectivity index is 1.85. The Morgan fingerprint density at radius 3 is 2.65 bits per heavy atom. The number of methoxy groups -OCH3 is 1. The molecule has 0 aliphatic carbocycles. The van der Waals surface area contributed by atoms with E-state index in [-0.39, 0.29) is 0 Å². The van der Waals surface area contributed by atoms with Crippen LogP contribution in [0.5, 0.6) is 0 Å². The SMILES string of the molecule is C=C/C(OC)=C(/CN1Cc2nc(C)nc(N3CCNCC3)c2C1)C(=C)F. The molecule has 26 heavy (non-hydrogen) atoms. The zero-order valence-electron chi connectivity index (χ0n) is 15.5. The molecule has 1 saturated heterocycles. The van der Waals surface area contributed by atoms with Crippen LogP contribution in [-0.4, -0.2) is 54.7 Å². The Morgan fingerprint density at radius 2 is 2.04 bits per heavy atom. The maximum atomic E-state index is 14.0. The van der Waals surface area contributed by atoms with Crippen molar-refractivity contribution in [1.82, 2.24) is 20.2 Å². The van der Waals surface area contributed by atoms with Crippen LogP contribution < -0.4 is 10.2 Å². The van der Waals surface area contributed by atoms with Crippen LogP contribution in [0.2, 0.25) is 0 Å². The van der Waals surface area contributed by atoms with Crippen LogP contribution in [0, 0.1) is 6.92 Å². The Labute approximate surface area is 154 Å². The first-order valence-electron chi connectivity index (χ1n) is 8.82. The van der Waals surface area contributed by atoms with Crippen molar-refractivity contribution in [2.75, 3.05) is 44.7 Å². The fourth-order valence-corrected chi connectivity index (χ4v) is 3.52. The molecule has 1 N–H and O–H groups in total. The van der Waals surface area contributed by atoms with Crippen LogP contribution in [-0.2, 0) is 17.8 Å². The standard InChI is InChI=1S/C19H26FN5O/c1-5-18(26-4)15(13(2)20)10-24-11-16-17(12-24)22-14(3)23-19(16)25-8-6-21-7-9-25/h5,21H,1-2,6-12H2,3-4H3/b18-15+. The second kappa shape index (κ2) is 7.97. The van der Waals surface area contributed by atoms with Crippen molar-refractivity contribution in [1.29, 1.82) is 0 Å². The maximum absolute atomic E-state index is 14.0. The van der Waals surface area contributed by atoms with Gasteiger partial charge in [-0.1, -0.05) is 13.2 Å². The molecule has 0 unspecified atom stereocenters. The van der Waals surface area contributed by atoms with Crippen molar-refractivity contribution in [3.8, 4) is 0 Å². The Morgan fingerprint density at radius 1 is 1.31 bits per heavy atom. The minimum Gasteiger partial charge on any atom is -0.496 e. The number of rotatable bonds is 6. The zero-order valence-corrected chi connectivity index (χ0v) is 15.5. The number of aromatic nitrogens is 2. The molecule has 140 valence electrons. The molecular weight excluding hydrogens is 333 g/mol.